The van der Waals surface area contributed by atoms with Crippen LogP contribution in [0.25, 0.3) is 0 Å². The first-order valence-electron chi connectivity index (χ1n) is 10.4. The highest BCUT2D eigenvalue weighted by Gasteiger charge is 2.28. The second-order valence-electron chi connectivity index (χ2n) is 8.16. The molecule has 1 N–H and O–H groups in total. The van der Waals surface area contributed by atoms with Crippen LogP contribution in [-0.2, 0) is 22.9 Å². The van der Waals surface area contributed by atoms with Gasteiger partial charge in [-0.3, -0.25) is 4.79 Å². The highest BCUT2D eigenvalue weighted by atomic mass is 32.2. The third-order valence-corrected chi connectivity index (χ3v) is 8.02. The van der Waals surface area contributed by atoms with Crippen LogP contribution in [0, 0.1) is 6.92 Å². The van der Waals surface area contributed by atoms with Crippen molar-refractivity contribution in [3.8, 4) is 0 Å². The minimum absolute atomic E-state index is 0.147. The Hall–Kier alpha value is -2.18. The van der Waals surface area contributed by atoms with Gasteiger partial charge in [0, 0.05) is 18.7 Å². The summed E-state index contributed by atoms with van der Waals surface area (Å²) in [6.45, 7) is 4.90. The molecular weight excluding hydrogens is 384 g/mol. The van der Waals surface area contributed by atoms with Crippen LogP contribution >= 0.6 is 0 Å². The quantitative estimate of drug-likeness (QED) is 0.813. The number of benzene rings is 2. The summed E-state index contributed by atoms with van der Waals surface area (Å²) in [6.07, 6.45) is 5.19. The molecule has 1 unspecified atom stereocenters. The fourth-order valence-corrected chi connectivity index (χ4v) is 5.85. The molecule has 2 aromatic rings. The monoisotopic (exact) mass is 412 g/mol. The minimum atomic E-state index is -3.55. The smallest absolute Gasteiger partial charge is 0.252 e. The molecule has 1 saturated heterocycles. The van der Waals surface area contributed by atoms with E-state index >= 15 is 0 Å². The van der Waals surface area contributed by atoms with Crippen LogP contribution in [0.15, 0.2) is 41.3 Å². The number of hydrogen-bond donors (Lipinski definition) is 1. The van der Waals surface area contributed by atoms with Gasteiger partial charge in [-0.05, 0) is 80.3 Å². The fourth-order valence-electron chi connectivity index (χ4n) is 4.30. The summed E-state index contributed by atoms with van der Waals surface area (Å²) < 4.78 is 27.2. The Morgan fingerprint density at radius 2 is 1.72 bits per heavy atom. The average molecular weight is 413 g/mol. The zero-order valence-electron chi connectivity index (χ0n) is 17.1. The summed E-state index contributed by atoms with van der Waals surface area (Å²) in [7, 11) is -3.55. The van der Waals surface area contributed by atoms with Crippen molar-refractivity contribution in [3.63, 3.8) is 0 Å². The van der Waals surface area contributed by atoms with Crippen molar-refractivity contribution in [2.24, 2.45) is 0 Å². The lowest BCUT2D eigenvalue weighted by Gasteiger charge is -2.19. The van der Waals surface area contributed by atoms with E-state index < -0.39 is 10.0 Å². The molecule has 1 heterocycles. The van der Waals surface area contributed by atoms with E-state index in [0.717, 1.165) is 36.8 Å². The van der Waals surface area contributed by atoms with Crippen LogP contribution in [0.1, 0.15) is 64.8 Å². The summed E-state index contributed by atoms with van der Waals surface area (Å²) in [6, 6.07) is 11.1. The largest absolute Gasteiger partial charge is 0.346 e. The molecular formula is C23H28N2O3S. The zero-order chi connectivity index (χ0) is 20.6. The fraction of sp³-hybridized carbons (Fsp3) is 0.435. The first-order valence-corrected chi connectivity index (χ1v) is 11.8. The van der Waals surface area contributed by atoms with Crippen LogP contribution in [0.3, 0.4) is 0 Å². The second kappa shape index (κ2) is 7.92. The lowest BCUT2D eigenvalue weighted by molar-refractivity contribution is 0.0939. The number of hydrogen-bond acceptors (Lipinski definition) is 3. The highest BCUT2D eigenvalue weighted by Crippen LogP contribution is 2.26. The molecule has 0 radical (unpaired) electrons. The van der Waals surface area contributed by atoms with Crippen molar-refractivity contribution in [3.05, 3.63) is 64.2 Å². The number of fused-ring (bicyclic) bond motifs is 1. The van der Waals surface area contributed by atoms with Crippen molar-refractivity contribution in [2.75, 3.05) is 13.1 Å². The van der Waals surface area contributed by atoms with Crippen molar-refractivity contribution >= 4 is 15.9 Å². The molecule has 0 saturated carbocycles. The second-order valence-corrected chi connectivity index (χ2v) is 10.1. The van der Waals surface area contributed by atoms with Crippen LogP contribution in [0.2, 0.25) is 0 Å². The Labute approximate surface area is 173 Å². The van der Waals surface area contributed by atoms with Crippen LogP contribution in [0.4, 0.5) is 0 Å². The van der Waals surface area contributed by atoms with Gasteiger partial charge in [0.25, 0.3) is 5.91 Å². The minimum Gasteiger partial charge on any atom is -0.346 e. The van der Waals surface area contributed by atoms with Crippen molar-refractivity contribution in [2.45, 2.75) is 56.9 Å². The number of carbonyl (C=O) groups is 1. The van der Waals surface area contributed by atoms with Gasteiger partial charge in [-0.15, -0.1) is 0 Å². The third kappa shape index (κ3) is 3.96. The first kappa shape index (κ1) is 20.1. The van der Waals surface area contributed by atoms with Crippen LogP contribution < -0.4 is 5.32 Å². The Morgan fingerprint density at radius 1 is 1.00 bits per heavy atom. The number of carbonyl (C=O) groups excluding carboxylic acids is 1. The van der Waals surface area contributed by atoms with Gasteiger partial charge in [0.15, 0.2) is 0 Å². The van der Waals surface area contributed by atoms with E-state index in [1.165, 1.54) is 27.9 Å². The van der Waals surface area contributed by atoms with Crippen LogP contribution in [0.5, 0.6) is 0 Å². The SMILES string of the molecule is Cc1ccc(S(=O)(=O)N2CCCC2)cc1C(=O)NC(C)c1ccc2c(c1)CCC2. The van der Waals surface area contributed by atoms with Crippen molar-refractivity contribution in [1.82, 2.24) is 9.62 Å². The van der Waals surface area contributed by atoms with Gasteiger partial charge >= 0.3 is 0 Å². The van der Waals surface area contributed by atoms with Gasteiger partial charge in [0.05, 0.1) is 10.9 Å². The molecule has 2 aliphatic rings. The average Bonchev–Trinajstić information content (AvgIpc) is 3.39. The number of amides is 1. The van der Waals surface area contributed by atoms with Gasteiger partial charge in [-0.1, -0.05) is 24.3 Å². The number of nitrogens with one attached hydrogen (secondary N) is 1. The molecule has 6 heteroatoms. The lowest BCUT2D eigenvalue weighted by Crippen LogP contribution is -2.29. The predicted molar refractivity (Wildman–Crippen MR) is 114 cm³/mol. The molecule has 1 aliphatic heterocycles. The molecule has 0 spiro atoms. The number of aryl methyl sites for hydroxylation is 3. The molecule has 1 aliphatic carbocycles. The third-order valence-electron chi connectivity index (χ3n) is 6.13. The molecule has 29 heavy (non-hydrogen) atoms. The predicted octanol–water partition coefficient (Wildman–Crippen LogP) is 3.76. The topological polar surface area (TPSA) is 66.5 Å². The van der Waals surface area contributed by atoms with E-state index in [-0.39, 0.29) is 16.8 Å². The summed E-state index contributed by atoms with van der Waals surface area (Å²) in [5.41, 5.74) is 5.04. The Kier molecular flexibility index (Phi) is 5.49. The molecule has 154 valence electrons. The number of sulfonamides is 1. The summed E-state index contributed by atoms with van der Waals surface area (Å²) >= 11 is 0. The molecule has 0 aromatic heterocycles. The summed E-state index contributed by atoms with van der Waals surface area (Å²) in [5.74, 6) is -0.242. The van der Waals surface area contributed by atoms with Crippen LogP contribution in [-0.4, -0.2) is 31.7 Å². The normalized spacial score (nSPS) is 17.9. The first-order chi connectivity index (χ1) is 13.9. The molecule has 4 rings (SSSR count). The van der Waals surface area contributed by atoms with E-state index in [1.807, 2.05) is 13.8 Å². The maximum atomic E-state index is 13.0. The van der Waals surface area contributed by atoms with Crippen molar-refractivity contribution < 1.29 is 13.2 Å². The number of nitrogens with zero attached hydrogens (tertiary/aromatic N) is 1. The molecule has 1 fully saturated rings. The lowest BCUT2D eigenvalue weighted by atomic mass is 10.0. The molecule has 1 amide bonds. The Balaban J connectivity index is 1.55. The Bertz CT molecular complexity index is 1040. The van der Waals surface area contributed by atoms with Crippen molar-refractivity contribution in [1.29, 1.82) is 0 Å². The molecule has 5 nitrogen and oxygen atoms in total. The summed E-state index contributed by atoms with van der Waals surface area (Å²) in [5, 5.41) is 3.05. The van der Waals surface area contributed by atoms with Gasteiger partial charge in [-0.25, -0.2) is 8.42 Å². The van der Waals surface area contributed by atoms with E-state index in [1.54, 1.807) is 12.1 Å². The molecule has 2 aromatic carbocycles. The molecule has 0 bridgehead atoms. The summed E-state index contributed by atoms with van der Waals surface area (Å²) in [4.78, 5) is 13.2. The Morgan fingerprint density at radius 3 is 2.48 bits per heavy atom. The maximum absolute atomic E-state index is 13.0. The number of rotatable bonds is 5. The standard InChI is InChI=1S/C23H28N2O3S/c1-16-8-11-21(29(27,28)25-12-3-4-13-25)15-22(16)23(26)24-17(2)19-10-9-18-6-5-7-20(18)14-19/h8-11,14-15,17H,3-7,12-13H2,1-2H3,(H,24,26). The highest BCUT2D eigenvalue weighted by molar-refractivity contribution is 7.89. The maximum Gasteiger partial charge on any atom is 0.252 e. The van der Waals surface area contributed by atoms with Gasteiger partial charge in [0.1, 0.15) is 0 Å². The van der Waals surface area contributed by atoms with E-state index in [9.17, 15) is 13.2 Å². The van der Waals surface area contributed by atoms with E-state index in [4.69, 9.17) is 0 Å². The van der Waals surface area contributed by atoms with Gasteiger partial charge < -0.3 is 5.32 Å². The van der Waals surface area contributed by atoms with Gasteiger partial charge in [0.2, 0.25) is 10.0 Å². The molecule has 1 atom stereocenters. The van der Waals surface area contributed by atoms with Gasteiger partial charge in [-0.2, -0.15) is 4.31 Å². The zero-order valence-corrected chi connectivity index (χ0v) is 17.9. The van der Waals surface area contributed by atoms with E-state index in [2.05, 4.69) is 23.5 Å². The van der Waals surface area contributed by atoms with E-state index in [0.29, 0.717) is 18.7 Å².